The molecular weight excluding hydrogens is 327 g/mol. The van der Waals surface area contributed by atoms with Crippen molar-refractivity contribution < 1.29 is 32.3 Å². The molecule has 5 nitrogen and oxygen atoms in total. The summed E-state index contributed by atoms with van der Waals surface area (Å²) in [4.78, 5) is 22.8. The molecule has 0 bridgehead atoms. The Hall–Kier alpha value is -1.99. The smallest absolute Gasteiger partial charge is 0.391 e. The highest BCUT2D eigenvalue weighted by Crippen LogP contribution is 2.40. The van der Waals surface area contributed by atoms with E-state index in [4.69, 9.17) is 9.52 Å². The fourth-order valence-electron chi connectivity index (χ4n) is 3.06. The Labute approximate surface area is 137 Å². The molecule has 2 N–H and O–H groups in total. The van der Waals surface area contributed by atoms with Crippen molar-refractivity contribution in [3.05, 3.63) is 23.2 Å². The number of hydrogen-bond acceptors (Lipinski definition) is 3. The van der Waals surface area contributed by atoms with Crippen molar-refractivity contribution in [3.8, 4) is 0 Å². The number of carbonyl (C=O) groups is 2. The van der Waals surface area contributed by atoms with Gasteiger partial charge in [-0.05, 0) is 44.6 Å². The third kappa shape index (κ3) is 4.75. The molecule has 1 aliphatic rings. The third-order valence-electron chi connectivity index (χ3n) is 4.44. The van der Waals surface area contributed by atoms with Crippen LogP contribution in [0.4, 0.5) is 13.2 Å². The number of carboxylic acids is 1. The van der Waals surface area contributed by atoms with Gasteiger partial charge in [-0.25, -0.2) is 4.79 Å². The fourth-order valence-corrected chi connectivity index (χ4v) is 3.06. The van der Waals surface area contributed by atoms with Crippen LogP contribution in [-0.4, -0.2) is 23.2 Å². The Morgan fingerprint density at radius 1 is 1.29 bits per heavy atom. The number of carboxylic acid groups (broad SMARTS) is 1. The van der Waals surface area contributed by atoms with Crippen LogP contribution in [0.25, 0.3) is 0 Å². The molecule has 0 spiro atoms. The van der Waals surface area contributed by atoms with Crippen molar-refractivity contribution in [2.45, 2.75) is 51.7 Å². The van der Waals surface area contributed by atoms with Gasteiger partial charge in [-0.3, -0.25) is 4.79 Å². The van der Waals surface area contributed by atoms with Gasteiger partial charge in [-0.1, -0.05) is 0 Å². The average Bonchev–Trinajstić information content (AvgIpc) is 2.86. The number of aryl methyl sites for hydroxylation is 1. The van der Waals surface area contributed by atoms with Crippen molar-refractivity contribution in [1.82, 2.24) is 5.32 Å². The molecule has 1 amide bonds. The highest BCUT2D eigenvalue weighted by Gasteiger charge is 2.41. The van der Waals surface area contributed by atoms with E-state index in [2.05, 4.69) is 5.32 Å². The second-order valence-corrected chi connectivity index (χ2v) is 6.23. The Balaban J connectivity index is 1.76. The molecule has 1 aromatic rings. The summed E-state index contributed by atoms with van der Waals surface area (Å²) in [6, 6.07) is 1.35. The number of carbonyl (C=O) groups excluding carboxylic acids is 1. The Morgan fingerprint density at radius 2 is 1.92 bits per heavy atom. The van der Waals surface area contributed by atoms with E-state index >= 15 is 0 Å². The minimum atomic E-state index is -4.15. The Kier molecular flexibility index (Phi) is 5.56. The van der Waals surface area contributed by atoms with E-state index in [0.29, 0.717) is 18.6 Å². The zero-order chi connectivity index (χ0) is 17.9. The zero-order valence-electron chi connectivity index (χ0n) is 13.3. The molecule has 1 aromatic heterocycles. The summed E-state index contributed by atoms with van der Waals surface area (Å²) >= 11 is 0. The monoisotopic (exact) mass is 347 g/mol. The highest BCUT2D eigenvalue weighted by molar-refractivity contribution is 5.88. The van der Waals surface area contributed by atoms with Crippen molar-refractivity contribution in [3.63, 3.8) is 0 Å². The number of hydrogen-bond donors (Lipinski definition) is 2. The van der Waals surface area contributed by atoms with Crippen molar-refractivity contribution in [1.29, 1.82) is 0 Å². The minimum Gasteiger partial charge on any atom is -0.478 e. The molecule has 0 aliphatic heterocycles. The summed E-state index contributed by atoms with van der Waals surface area (Å²) in [5.74, 6) is -2.07. The van der Waals surface area contributed by atoms with E-state index in [1.54, 1.807) is 0 Å². The molecule has 134 valence electrons. The molecular formula is C16H20F3NO4. The van der Waals surface area contributed by atoms with Crippen LogP contribution in [0.1, 0.15) is 54.0 Å². The van der Waals surface area contributed by atoms with E-state index in [1.165, 1.54) is 13.0 Å². The Bertz CT molecular complexity index is 601. The van der Waals surface area contributed by atoms with Crippen LogP contribution in [0.5, 0.6) is 0 Å². The maximum atomic E-state index is 12.6. The predicted octanol–water partition coefficient (Wildman–Crippen LogP) is 3.66. The molecule has 2 rings (SSSR count). The molecule has 0 saturated heterocycles. The summed E-state index contributed by atoms with van der Waals surface area (Å²) in [5, 5.41) is 11.5. The standard InChI is InChI=1S/C16H20F3NO4/c1-9-13(15(22)23)7-12(24-9)8-20-14(21)6-10-2-4-11(5-3-10)16(17,18)19/h7,10-11H,2-6,8H2,1H3,(H,20,21)(H,22,23). The van der Waals surface area contributed by atoms with Crippen LogP contribution in [-0.2, 0) is 11.3 Å². The summed E-state index contributed by atoms with van der Waals surface area (Å²) in [6.07, 6.45) is -3.05. The number of halogens is 3. The second kappa shape index (κ2) is 7.27. The van der Waals surface area contributed by atoms with Crippen LogP contribution in [0.15, 0.2) is 10.5 Å². The summed E-state index contributed by atoms with van der Waals surface area (Å²) in [7, 11) is 0. The molecule has 24 heavy (non-hydrogen) atoms. The largest absolute Gasteiger partial charge is 0.478 e. The molecule has 0 unspecified atom stereocenters. The molecule has 0 radical (unpaired) electrons. The molecule has 0 aromatic carbocycles. The average molecular weight is 347 g/mol. The maximum absolute atomic E-state index is 12.6. The fraction of sp³-hybridized carbons (Fsp3) is 0.625. The van der Waals surface area contributed by atoms with Gasteiger partial charge in [-0.2, -0.15) is 13.2 Å². The first-order valence-corrected chi connectivity index (χ1v) is 7.82. The van der Waals surface area contributed by atoms with E-state index in [-0.39, 0.29) is 49.0 Å². The van der Waals surface area contributed by atoms with Crippen LogP contribution in [0.2, 0.25) is 0 Å². The van der Waals surface area contributed by atoms with Gasteiger partial charge in [0.05, 0.1) is 12.5 Å². The summed E-state index contributed by atoms with van der Waals surface area (Å²) in [5.41, 5.74) is 0.0460. The molecule has 0 atom stereocenters. The normalized spacial score (nSPS) is 21.5. The van der Waals surface area contributed by atoms with Gasteiger partial charge < -0.3 is 14.8 Å². The topological polar surface area (TPSA) is 79.5 Å². The first-order chi connectivity index (χ1) is 11.2. The van der Waals surface area contributed by atoms with Gasteiger partial charge in [0.2, 0.25) is 5.91 Å². The van der Waals surface area contributed by atoms with E-state index in [9.17, 15) is 22.8 Å². The van der Waals surface area contributed by atoms with E-state index in [0.717, 1.165) is 0 Å². The van der Waals surface area contributed by atoms with Crippen LogP contribution < -0.4 is 5.32 Å². The molecule has 1 aliphatic carbocycles. The lowest BCUT2D eigenvalue weighted by Gasteiger charge is -2.29. The third-order valence-corrected chi connectivity index (χ3v) is 4.44. The molecule has 1 heterocycles. The molecule has 8 heteroatoms. The van der Waals surface area contributed by atoms with Gasteiger partial charge in [0.25, 0.3) is 0 Å². The zero-order valence-corrected chi connectivity index (χ0v) is 13.3. The van der Waals surface area contributed by atoms with Gasteiger partial charge in [0.15, 0.2) is 0 Å². The predicted molar refractivity (Wildman–Crippen MR) is 78.4 cm³/mol. The number of aromatic carboxylic acids is 1. The highest BCUT2D eigenvalue weighted by atomic mass is 19.4. The first-order valence-electron chi connectivity index (χ1n) is 7.82. The second-order valence-electron chi connectivity index (χ2n) is 6.23. The summed E-state index contributed by atoms with van der Waals surface area (Å²) in [6.45, 7) is 1.58. The summed E-state index contributed by atoms with van der Waals surface area (Å²) < 4.78 is 43.0. The van der Waals surface area contributed by atoms with Crippen molar-refractivity contribution in [2.24, 2.45) is 11.8 Å². The maximum Gasteiger partial charge on any atom is 0.391 e. The van der Waals surface area contributed by atoms with Gasteiger partial charge in [0.1, 0.15) is 17.1 Å². The Morgan fingerprint density at radius 3 is 2.42 bits per heavy atom. The molecule has 1 saturated carbocycles. The van der Waals surface area contributed by atoms with Gasteiger partial charge in [-0.15, -0.1) is 0 Å². The number of amides is 1. The van der Waals surface area contributed by atoms with Gasteiger partial charge >= 0.3 is 12.1 Å². The van der Waals surface area contributed by atoms with Crippen molar-refractivity contribution >= 4 is 11.9 Å². The number of rotatable bonds is 5. The van der Waals surface area contributed by atoms with E-state index in [1.807, 2.05) is 0 Å². The quantitative estimate of drug-likeness (QED) is 0.852. The van der Waals surface area contributed by atoms with E-state index < -0.39 is 18.1 Å². The molecule has 1 fully saturated rings. The van der Waals surface area contributed by atoms with Gasteiger partial charge in [0, 0.05) is 6.42 Å². The lowest BCUT2D eigenvalue weighted by atomic mass is 9.80. The van der Waals surface area contributed by atoms with Crippen LogP contribution >= 0.6 is 0 Å². The first kappa shape index (κ1) is 18.4. The minimum absolute atomic E-state index is 0.0449. The number of alkyl halides is 3. The van der Waals surface area contributed by atoms with Crippen LogP contribution in [0, 0.1) is 18.8 Å². The SMILES string of the molecule is Cc1oc(CNC(=O)CC2CCC(C(F)(F)F)CC2)cc1C(=O)O. The van der Waals surface area contributed by atoms with Crippen LogP contribution in [0.3, 0.4) is 0 Å². The number of furan rings is 1. The van der Waals surface area contributed by atoms with Crippen molar-refractivity contribution in [2.75, 3.05) is 0 Å². The number of nitrogens with one attached hydrogen (secondary N) is 1. The lowest BCUT2D eigenvalue weighted by Crippen LogP contribution is -2.30. The lowest BCUT2D eigenvalue weighted by molar-refractivity contribution is -0.184.